The minimum absolute atomic E-state index is 0.0218. The monoisotopic (exact) mass is 577 g/mol. The summed E-state index contributed by atoms with van der Waals surface area (Å²) in [4.78, 5) is 39.8. The van der Waals surface area contributed by atoms with Crippen LogP contribution in [0.5, 0.6) is 5.75 Å². The Bertz CT molecular complexity index is 1770. The first-order valence-corrected chi connectivity index (χ1v) is 14.5. The smallest absolute Gasteiger partial charge is 0.281 e. The molecular weight excluding hydrogens is 542 g/mol. The van der Waals surface area contributed by atoms with Crippen LogP contribution in [0.25, 0.3) is 11.2 Å². The molecule has 5 aromatic rings. The number of aromatic nitrogens is 4. The molecule has 0 aliphatic carbocycles. The fourth-order valence-electron chi connectivity index (χ4n) is 5.52. The van der Waals surface area contributed by atoms with Crippen molar-refractivity contribution in [3.63, 3.8) is 0 Å². The van der Waals surface area contributed by atoms with Gasteiger partial charge in [-0.3, -0.25) is 18.7 Å². The second-order valence-electron chi connectivity index (χ2n) is 10.8. The number of ether oxygens (including phenoxy) is 1. The first kappa shape index (κ1) is 28.2. The van der Waals surface area contributed by atoms with Gasteiger partial charge in [0, 0.05) is 31.2 Å². The number of benzene rings is 3. The maximum Gasteiger partial charge on any atom is 0.281 e. The normalized spacial score (nSPS) is 15.0. The Hall–Kier alpha value is -4.96. The molecule has 1 fully saturated rings. The molecule has 3 aromatic carbocycles. The quantitative estimate of drug-likeness (QED) is 0.238. The van der Waals surface area contributed by atoms with Gasteiger partial charge in [0.05, 0.1) is 20.2 Å². The van der Waals surface area contributed by atoms with Crippen LogP contribution < -0.4 is 26.2 Å². The van der Waals surface area contributed by atoms with Crippen molar-refractivity contribution in [3.05, 3.63) is 112 Å². The van der Waals surface area contributed by atoms with Gasteiger partial charge in [-0.25, -0.2) is 0 Å². The Morgan fingerprint density at radius 3 is 2.33 bits per heavy atom. The highest BCUT2D eigenvalue weighted by Crippen LogP contribution is 2.25. The summed E-state index contributed by atoms with van der Waals surface area (Å²) in [7, 11) is 1.58. The number of imidazole rings is 1. The Labute approximate surface area is 249 Å². The van der Waals surface area contributed by atoms with E-state index in [1.165, 1.54) is 4.57 Å². The van der Waals surface area contributed by atoms with Crippen molar-refractivity contribution in [2.24, 2.45) is 5.73 Å². The number of piperidine rings is 1. The summed E-state index contributed by atoms with van der Waals surface area (Å²) < 4.78 is 8.59. The SMILES string of the molecule is COc1ccc(C(=O)Cn2c(NCc3ccccc3)nc3nc(N4CCCC(N)C4)n(Cc4ccccc4)c3c2=O)cc1. The predicted molar refractivity (Wildman–Crippen MR) is 168 cm³/mol. The Morgan fingerprint density at radius 2 is 1.65 bits per heavy atom. The van der Waals surface area contributed by atoms with Crippen LogP contribution in [0.3, 0.4) is 0 Å². The van der Waals surface area contributed by atoms with E-state index >= 15 is 0 Å². The molecule has 0 amide bonds. The van der Waals surface area contributed by atoms with Gasteiger partial charge in [0.15, 0.2) is 16.9 Å². The average Bonchev–Trinajstić information content (AvgIpc) is 3.40. The van der Waals surface area contributed by atoms with Crippen LogP contribution in [-0.4, -0.2) is 51.1 Å². The fourth-order valence-corrected chi connectivity index (χ4v) is 5.52. The number of nitrogens with zero attached hydrogens (tertiary/aromatic N) is 5. The van der Waals surface area contributed by atoms with E-state index in [4.69, 9.17) is 20.4 Å². The van der Waals surface area contributed by atoms with E-state index in [0.717, 1.165) is 30.5 Å². The molecule has 3 N–H and O–H groups in total. The standard InChI is InChI=1S/C33H35N7O3/c1-43-27-16-14-25(15-17-27)28(41)22-40-31(42)29-30(36-32(40)35-19-23-9-4-2-5-10-23)37-33(38-18-8-13-26(34)21-38)39(29)20-24-11-6-3-7-12-24/h2-7,9-12,14-17,26H,8,13,18-22,34H2,1H3,(H,35,36). The summed E-state index contributed by atoms with van der Waals surface area (Å²) in [5, 5.41) is 3.30. The van der Waals surface area contributed by atoms with E-state index in [1.54, 1.807) is 31.4 Å². The van der Waals surface area contributed by atoms with Gasteiger partial charge in [0.1, 0.15) is 5.75 Å². The number of ketones is 1. The van der Waals surface area contributed by atoms with Crippen molar-refractivity contribution in [1.29, 1.82) is 0 Å². The zero-order valence-corrected chi connectivity index (χ0v) is 24.1. The number of fused-ring (bicyclic) bond motifs is 1. The number of nitrogens with two attached hydrogens (primary N) is 1. The molecule has 6 rings (SSSR count). The van der Waals surface area contributed by atoms with E-state index in [1.807, 2.05) is 65.2 Å². The number of methoxy groups -OCH3 is 1. The van der Waals surface area contributed by atoms with Crippen molar-refractivity contribution in [1.82, 2.24) is 19.1 Å². The molecular formula is C33H35N7O3. The number of Topliss-reactive ketones (excluding diaryl/α,β-unsaturated/α-hetero) is 1. The third-order valence-corrected chi connectivity index (χ3v) is 7.78. The molecule has 1 aliphatic rings. The van der Waals surface area contributed by atoms with E-state index in [9.17, 15) is 9.59 Å². The minimum Gasteiger partial charge on any atom is -0.497 e. The lowest BCUT2D eigenvalue weighted by molar-refractivity contribution is 0.0971. The average molecular weight is 578 g/mol. The molecule has 10 nitrogen and oxygen atoms in total. The van der Waals surface area contributed by atoms with E-state index < -0.39 is 0 Å². The van der Waals surface area contributed by atoms with Crippen LogP contribution in [0.4, 0.5) is 11.9 Å². The van der Waals surface area contributed by atoms with Crippen molar-refractivity contribution >= 4 is 28.8 Å². The van der Waals surface area contributed by atoms with Crippen molar-refractivity contribution in [3.8, 4) is 5.75 Å². The molecule has 0 bridgehead atoms. The van der Waals surface area contributed by atoms with E-state index in [0.29, 0.717) is 48.1 Å². The van der Waals surface area contributed by atoms with Gasteiger partial charge in [0.2, 0.25) is 11.9 Å². The van der Waals surface area contributed by atoms with Gasteiger partial charge < -0.3 is 20.7 Å². The lowest BCUT2D eigenvalue weighted by Gasteiger charge is -2.31. The molecule has 1 aliphatic heterocycles. The molecule has 0 spiro atoms. The van der Waals surface area contributed by atoms with Crippen LogP contribution in [-0.2, 0) is 19.6 Å². The first-order valence-electron chi connectivity index (χ1n) is 14.5. The third-order valence-electron chi connectivity index (χ3n) is 7.78. The highest BCUT2D eigenvalue weighted by atomic mass is 16.5. The number of anilines is 2. The van der Waals surface area contributed by atoms with Gasteiger partial charge in [0.25, 0.3) is 5.56 Å². The molecule has 0 saturated carbocycles. The van der Waals surface area contributed by atoms with Crippen LogP contribution >= 0.6 is 0 Å². The largest absolute Gasteiger partial charge is 0.497 e. The van der Waals surface area contributed by atoms with Crippen LogP contribution in [0.15, 0.2) is 89.7 Å². The Kier molecular flexibility index (Phi) is 8.19. The van der Waals surface area contributed by atoms with Gasteiger partial charge in [-0.05, 0) is 48.2 Å². The summed E-state index contributed by atoms with van der Waals surface area (Å²) in [6.45, 7) is 2.09. The van der Waals surface area contributed by atoms with Gasteiger partial charge >= 0.3 is 0 Å². The van der Waals surface area contributed by atoms with Crippen LogP contribution in [0, 0.1) is 0 Å². The molecule has 10 heteroatoms. The lowest BCUT2D eigenvalue weighted by Crippen LogP contribution is -2.44. The number of hydrogen-bond donors (Lipinski definition) is 2. The zero-order chi connectivity index (χ0) is 29.8. The second-order valence-corrected chi connectivity index (χ2v) is 10.8. The summed E-state index contributed by atoms with van der Waals surface area (Å²) in [6.07, 6.45) is 1.88. The Morgan fingerprint density at radius 1 is 0.953 bits per heavy atom. The predicted octanol–water partition coefficient (Wildman–Crippen LogP) is 4.07. The number of hydrogen-bond acceptors (Lipinski definition) is 8. The van der Waals surface area contributed by atoms with Gasteiger partial charge in [-0.2, -0.15) is 9.97 Å². The molecule has 220 valence electrons. The molecule has 0 radical (unpaired) electrons. The van der Waals surface area contributed by atoms with Gasteiger partial charge in [-0.1, -0.05) is 60.7 Å². The van der Waals surface area contributed by atoms with Crippen molar-refractivity contribution in [2.45, 2.75) is 38.5 Å². The highest BCUT2D eigenvalue weighted by Gasteiger charge is 2.27. The minimum atomic E-state index is -0.335. The molecule has 2 aromatic heterocycles. The summed E-state index contributed by atoms with van der Waals surface area (Å²) >= 11 is 0. The Balaban J connectivity index is 1.47. The molecule has 1 unspecified atom stereocenters. The maximum atomic E-state index is 14.4. The highest BCUT2D eigenvalue weighted by molar-refractivity contribution is 5.96. The summed E-state index contributed by atoms with van der Waals surface area (Å²) in [5.41, 5.74) is 9.21. The maximum absolute atomic E-state index is 14.4. The fraction of sp³-hybridized carbons (Fsp3) is 0.273. The van der Waals surface area contributed by atoms with Crippen molar-refractivity contribution < 1.29 is 9.53 Å². The third kappa shape index (κ3) is 6.14. The molecule has 1 saturated heterocycles. The van der Waals surface area contributed by atoms with E-state index in [2.05, 4.69) is 10.2 Å². The van der Waals surface area contributed by atoms with Crippen molar-refractivity contribution in [2.75, 3.05) is 30.4 Å². The lowest BCUT2D eigenvalue weighted by atomic mass is 10.1. The second kappa shape index (κ2) is 12.5. The van der Waals surface area contributed by atoms with Gasteiger partial charge in [-0.15, -0.1) is 0 Å². The molecule has 3 heterocycles. The zero-order valence-electron chi connectivity index (χ0n) is 24.1. The molecule has 1 atom stereocenters. The van der Waals surface area contributed by atoms with Crippen LogP contribution in [0.1, 0.15) is 34.3 Å². The van der Waals surface area contributed by atoms with E-state index in [-0.39, 0.29) is 29.9 Å². The first-order chi connectivity index (χ1) is 21.0. The number of nitrogens with one attached hydrogen (secondary N) is 1. The summed E-state index contributed by atoms with van der Waals surface area (Å²) in [5.74, 6) is 1.38. The number of carbonyl (C=O) groups excluding carboxylic acids is 1. The number of rotatable bonds is 10. The number of carbonyl (C=O) groups is 1. The summed E-state index contributed by atoms with van der Waals surface area (Å²) in [6, 6.07) is 26.7. The molecule has 43 heavy (non-hydrogen) atoms. The topological polar surface area (TPSA) is 120 Å². The van der Waals surface area contributed by atoms with Crippen LogP contribution in [0.2, 0.25) is 0 Å².